The molecule has 0 fully saturated rings. The smallest absolute Gasteiger partial charge is 0.338 e. The average Bonchev–Trinajstić information content (AvgIpc) is 2.63. The van der Waals surface area contributed by atoms with Gasteiger partial charge in [0.05, 0.1) is 12.2 Å². The number of thioether (sulfide) groups is 1. The quantitative estimate of drug-likeness (QED) is 0.353. The molecule has 27 heavy (non-hydrogen) atoms. The van der Waals surface area contributed by atoms with Crippen molar-refractivity contribution in [2.24, 2.45) is 0 Å². The maximum absolute atomic E-state index is 11.8. The van der Waals surface area contributed by atoms with Crippen molar-refractivity contribution in [1.82, 2.24) is 5.32 Å². The fourth-order valence-electron chi connectivity index (χ4n) is 2.37. The lowest BCUT2D eigenvalue weighted by Crippen LogP contribution is -2.30. The Balaban J connectivity index is 1.73. The molecule has 7 heteroatoms. The zero-order valence-corrected chi connectivity index (χ0v) is 17.8. The summed E-state index contributed by atoms with van der Waals surface area (Å²) in [5.41, 5.74) is 3.55. The van der Waals surface area contributed by atoms with Crippen LogP contribution in [0.5, 0.6) is 0 Å². The van der Waals surface area contributed by atoms with Crippen LogP contribution < -0.4 is 10.6 Å². The first-order chi connectivity index (χ1) is 13.0. The van der Waals surface area contributed by atoms with E-state index in [1.807, 2.05) is 43.0 Å². The Kier molecular flexibility index (Phi) is 8.91. The van der Waals surface area contributed by atoms with E-state index in [1.54, 1.807) is 19.1 Å². The molecule has 0 bridgehead atoms. The Bertz CT molecular complexity index is 799. The number of anilines is 1. The summed E-state index contributed by atoms with van der Waals surface area (Å²) < 4.78 is 5.01. The maximum Gasteiger partial charge on any atom is 0.338 e. The molecule has 0 saturated carbocycles. The summed E-state index contributed by atoms with van der Waals surface area (Å²) in [4.78, 5) is 11.8. The third kappa shape index (κ3) is 7.40. The summed E-state index contributed by atoms with van der Waals surface area (Å²) in [5.74, 6) is 1.52. The van der Waals surface area contributed by atoms with Crippen molar-refractivity contribution in [3.05, 3.63) is 64.2 Å². The Hall–Kier alpha value is -1.76. The van der Waals surface area contributed by atoms with Crippen molar-refractivity contribution in [3.63, 3.8) is 0 Å². The van der Waals surface area contributed by atoms with Crippen LogP contribution in [0.15, 0.2) is 42.5 Å². The van der Waals surface area contributed by atoms with Gasteiger partial charge in [-0.1, -0.05) is 23.7 Å². The highest BCUT2D eigenvalue weighted by atomic mass is 35.5. The number of rotatable bonds is 8. The number of hydrogen-bond acceptors (Lipinski definition) is 4. The van der Waals surface area contributed by atoms with Crippen LogP contribution in [0.3, 0.4) is 0 Å². The highest BCUT2D eigenvalue weighted by Crippen LogP contribution is 2.18. The number of esters is 1. The Morgan fingerprint density at radius 2 is 2.07 bits per heavy atom. The molecule has 0 aliphatic carbocycles. The standard InChI is InChI=1S/C20H23ClN2O2S2/c1-3-25-19(24)16-7-8-18(14(2)11-16)23-20(26)22-9-10-27-13-15-5-4-6-17(21)12-15/h4-8,11-12H,3,9-10,13H2,1-2H3,(H2,22,23,26). The van der Waals surface area contributed by atoms with E-state index in [4.69, 9.17) is 28.6 Å². The molecule has 0 amide bonds. The van der Waals surface area contributed by atoms with Crippen LogP contribution in [0.2, 0.25) is 5.02 Å². The molecule has 0 heterocycles. The topological polar surface area (TPSA) is 50.4 Å². The van der Waals surface area contributed by atoms with Crippen molar-refractivity contribution < 1.29 is 9.53 Å². The van der Waals surface area contributed by atoms with Gasteiger partial charge in [-0.3, -0.25) is 0 Å². The summed E-state index contributed by atoms with van der Waals surface area (Å²) in [7, 11) is 0. The number of nitrogens with one attached hydrogen (secondary N) is 2. The van der Waals surface area contributed by atoms with Gasteiger partial charge < -0.3 is 15.4 Å². The number of hydrogen-bond donors (Lipinski definition) is 2. The number of aryl methyl sites for hydroxylation is 1. The number of carbonyl (C=O) groups excluding carboxylic acids is 1. The first kappa shape index (κ1) is 21.5. The van der Waals surface area contributed by atoms with Gasteiger partial charge >= 0.3 is 5.97 Å². The van der Waals surface area contributed by atoms with Gasteiger partial charge in [0, 0.05) is 28.8 Å². The largest absolute Gasteiger partial charge is 0.462 e. The third-order valence-electron chi connectivity index (χ3n) is 3.68. The van der Waals surface area contributed by atoms with Crippen LogP contribution in [0.25, 0.3) is 0 Å². The van der Waals surface area contributed by atoms with E-state index in [1.165, 1.54) is 5.56 Å². The molecular weight excluding hydrogens is 400 g/mol. The lowest BCUT2D eigenvalue weighted by atomic mass is 10.1. The first-order valence-electron chi connectivity index (χ1n) is 8.64. The number of carbonyl (C=O) groups is 1. The van der Waals surface area contributed by atoms with Gasteiger partial charge in [-0.25, -0.2) is 4.79 Å². The molecule has 4 nitrogen and oxygen atoms in total. The van der Waals surface area contributed by atoms with Crippen LogP contribution in [-0.2, 0) is 10.5 Å². The van der Waals surface area contributed by atoms with E-state index in [9.17, 15) is 4.79 Å². The molecule has 2 N–H and O–H groups in total. The van der Waals surface area contributed by atoms with E-state index >= 15 is 0 Å². The predicted octanol–water partition coefficient (Wildman–Crippen LogP) is 5.04. The summed E-state index contributed by atoms with van der Waals surface area (Å²) in [5, 5.41) is 7.69. The second-order valence-electron chi connectivity index (χ2n) is 5.81. The average molecular weight is 423 g/mol. The number of ether oxygens (including phenoxy) is 1. The summed E-state index contributed by atoms with van der Waals surface area (Å²) in [6.07, 6.45) is 0. The van der Waals surface area contributed by atoms with E-state index in [-0.39, 0.29) is 5.97 Å². The van der Waals surface area contributed by atoms with E-state index in [0.717, 1.165) is 34.3 Å². The third-order valence-corrected chi connectivity index (χ3v) is 5.19. The van der Waals surface area contributed by atoms with Crippen molar-refractivity contribution in [1.29, 1.82) is 0 Å². The second-order valence-corrected chi connectivity index (χ2v) is 7.76. The highest BCUT2D eigenvalue weighted by Gasteiger charge is 2.09. The maximum atomic E-state index is 11.8. The summed E-state index contributed by atoms with van der Waals surface area (Å²) in [6.45, 7) is 4.84. The zero-order chi connectivity index (χ0) is 19.6. The van der Waals surface area contributed by atoms with E-state index in [0.29, 0.717) is 17.3 Å². The van der Waals surface area contributed by atoms with Crippen molar-refractivity contribution in [2.45, 2.75) is 19.6 Å². The fraction of sp³-hybridized carbons (Fsp3) is 0.300. The molecule has 0 aromatic heterocycles. The number of halogens is 1. The minimum Gasteiger partial charge on any atom is -0.462 e. The fourth-order valence-corrected chi connectivity index (χ4v) is 3.60. The van der Waals surface area contributed by atoms with Crippen molar-refractivity contribution >= 4 is 52.3 Å². The monoisotopic (exact) mass is 422 g/mol. The van der Waals surface area contributed by atoms with Crippen LogP contribution in [0.1, 0.15) is 28.4 Å². The van der Waals surface area contributed by atoms with Crippen LogP contribution >= 0.6 is 35.6 Å². The predicted molar refractivity (Wildman–Crippen MR) is 119 cm³/mol. The Labute approximate surface area is 175 Å². The Morgan fingerprint density at radius 3 is 2.78 bits per heavy atom. The van der Waals surface area contributed by atoms with Gasteiger partial charge in [0.15, 0.2) is 5.11 Å². The summed E-state index contributed by atoms with van der Waals surface area (Å²) >= 11 is 13.1. The lowest BCUT2D eigenvalue weighted by Gasteiger charge is -2.13. The molecule has 0 atom stereocenters. The van der Waals surface area contributed by atoms with Gasteiger partial charge in [0.2, 0.25) is 0 Å². The molecule has 2 aromatic carbocycles. The van der Waals surface area contributed by atoms with Gasteiger partial charge in [-0.2, -0.15) is 11.8 Å². The molecule has 0 spiro atoms. The molecule has 0 radical (unpaired) electrons. The summed E-state index contributed by atoms with van der Waals surface area (Å²) in [6, 6.07) is 13.3. The first-order valence-corrected chi connectivity index (χ1v) is 10.6. The van der Waals surface area contributed by atoms with E-state index < -0.39 is 0 Å². The molecular formula is C20H23ClN2O2S2. The lowest BCUT2D eigenvalue weighted by molar-refractivity contribution is 0.0526. The van der Waals surface area contributed by atoms with Crippen LogP contribution in [-0.4, -0.2) is 30.0 Å². The molecule has 2 aromatic rings. The minimum atomic E-state index is -0.315. The molecule has 0 saturated heterocycles. The molecule has 2 rings (SSSR count). The molecule has 0 aliphatic rings. The van der Waals surface area contributed by atoms with Crippen LogP contribution in [0.4, 0.5) is 5.69 Å². The molecule has 0 aliphatic heterocycles. The SMILES string of the molecule is CCOC(=O)c1ccc(NC(=S)NCCSCc2cccc(Cl)c2)c(C)c1. The van der Waals surface area contributed by atoms with Crippen molar-refractivity contribution in [2.75, 3.05) is 24.2 Å². The minimum absolute atomic E-state index is 0.315. The van der Waals surface area contributed by atoms with Gasteiger partial charge in [-0.05, 0) is 67.5 Å². The van der Waals surface area contributed by atoms with Crippen molar-refractivity contribution in [3.8, 4) is 0 Å². The van der Waals surface area contributed by atoms with Crippen LogP contribution in [0, 0.1) is 6.92 Å². The number of benzene rings is 2. The number of thiocarbonyl (C=S) groups is 1. The highest BCUT2D eigenvalue weighted by molar-refractivity contribution is 7.98. The molecule has 0 unspecified atom stereocenters. The zero-order valence-electron chi connectivity index (χ0n) is 15.4. The molecule has 144 valence electrons. The van der Waals surface area contributed by atoms with Gasteiger partial charge in [-0.15, -0.1) is 0 Å². The van der Waals surface area contributed by atoms with E-state index in [2.05, 4.69) is 16.7 Å². The second kappa shape index (κ2) is 11.2. The Morgan fingerprint density at radius 1 is 1.26 bits per heavy atom. The van der Waals surface area contributed by atoms with Gasteiger partial charge in [0.1, 0.15) is 0 Å². The normalized spacial score (nSPS) is 10.3. The van der Waals surface area contributed by atoms with Gasteiger partial charge in [0.25, 0.3) is 0 Å².